The molecule has 0 aliphatic heterocycles. The molecule has 0 bridgehead atoms. The van der Waals surface area contributed by atoms with Crippen molar-refractivity contribution in [2.24, 2.45) is 0 Å². The van der Waals surface area contributed by atoms with E-state index in [1.54, 1.807) is 0 Å². The number of allylic oxidation sites excluding steroid dienone is 2. The highest BCUT2D eigenvalue weighted by molar-refractivity contribution is 5.76. The molecule has 61 heavy (non-hydrogen) atoms. The van der Waals surface area contributed by atoms with Gasteiger partial charge in [-0.1, -0.05) is 251 Å². The number of ether oxygens (including phenoxy) is 1. The van der Waals surface area contributed by atoms with Gasteiger partial charge in [-0.3, -0.25) is 9.59 Å². The molecule has 0 spiro atoms. The molecule has 1 amide bonds. The highest BCUT2D eigenvalue weighted by Gasteiger charge is 2.20. The number of hydrogen-bond acceptors (Lipinski definition) is 5. The zero-order valence-electron chi connectivity index (χ0n) is 41.2. The van der Waals surface area contributed by atoms with E-state index in [1.165, 1.54) is 205 Å². The fourth-order valence-corrected chi connectivity index (χ4v) is 8.58. The molecule has 0 heterocycles. The van der Waals surface area contributed by atoms with Gasteiger partial charge in [0.1, 0.15) is 0 Å². The smallest absolute Gasteiger partial charge is 0.305 e. The minimum atomic E-state index is -0.673. The van der Waals surface area contributed by atoms with Crippen LogP contribution in [-0.2, 0) is 14.3 Å². The van der Waals surface area contributed by atoms with Crippen molar-refractivity contribution in [3.8, 4) is 0 Å². The Labute approximate surface area is 380 Å². The largest absolute Gasteiger partial charge is 0.466 e. The molecule has 0 aromatic carbocycles. The number of amides is 1. The minimum absolute atomic E-state index is 0.00173. The van der Waals surface area contributed by atoms with Crippen molar-refractivity contribution in [2.45, 2.75) is 315 Å². The molecule has 362 valence electrons. The van der Waals surface area contributed by atoms with Gasteiger partial charge in [0.25, 0.3) is 0 Å². The molecule has 0 rings (SSSR count). The second-order valence-electron chi connectivity index (χ2n) is 18.9. The number of unbranched alkanes of at least 4 members (excludes halogenated alkanes) is 38. The molecule has 0 aromatic heterocycles. The number of aliphatic hydroxyl groups is 2. The highest BCUT2D eigenvalue weighted by Crippen LogP contribution is 2.17. The summed E-state index contributed by atoms with van der Waals surface area (Å²) in [5.41, 5.74) is 0. The van der Waals surface area contributed by atoms with Crippen molar-refractivity contribution in [3.05, 3.63) is 12.2 Å². The van der Waals surface area contributed by atoms with Crippen molar-refractivity contribution >= 4 is 11.9 Å². The van der Waals surface area contributed by atoms with Gasteiger partial charge in [0, 0.05) is 12.8 Å². The van der Waals surface area contributed by atoms with Crippen LogP contribution in [-0.4, -0.2) is 47.4 Å². The Morgan fingerprint density at radius 2 is 0.770 bits per heavy atom. The normalized spacial score (nSPS) is 12.7. The standard InChI is InChI=1S/C55H107NO5/c1-3-5-7-9-11-13-15-17-18-21-24-27-31-35-39-43-47-53(58)52(51-57)56-54(59)48-44-40-36-32-28-25-22-19-20-23-26-30-34-38-42-46-50-61-55(60)49-45-41-37-33-29-16-14-12-10-8-6-4-2/h19,22,52-53,57-58H,3-18,20-21,23-51H2,1-2H3,(H,56,59)/b22-19-. The summed E-state index contributed by atoms with van der Waals surface area (Å²) in [7, 11) is 0. The molecule has 0 aliphatic carbocycles. The van der Waals surface area contributed by atoms with Crippen molar-refractivity contribution < 1.29 is 24.5 Å². The van der Waals surface area contributed by atoms with Crippen LogP contribution in [0.2, 0.25) is 0 Å². The average molecular weight is 862 g/mol. The van der Waals surface area contributed by atoms with Crippen LogP contribution in [0.25, 0.3) is 0 Å². The van der Waals surface area contributed by atoms with E-state index in [4.69, 9.17) is 4.74 Å². The first-order chi connectivity index (χ1) is 30.0. The summed E-state index contributed by atoms with van der Waals surface area (Å²) in [5.74, 6) is -0.0518. The molecule has 0 aromatic rings. The number of carbonyl (C=O) groups excluding carboxylic acids is 2. The lowest BCUT2D eigenvalue weighted by atomic mass is 10.0. The van der Waals surface area contributed by atoms with E-state index in [2.05, 4.69) is 31.3 Å². The lowest BCUT2D eigenvalue weighted by molar-refractivity contribution is -0.143. The van der Waals surface area contributed by atoms with Crippen LogP contribution in [0.3, 0.4) is 0 Å². The molecule has 0 saturated carbocycles. The Morgan fingerprint density at radius 1 is 0.443 bits per heavy atom. The average Bonchev–Trinajstić information content (AvgIpc) is 3.26. The summed E-state index contributed by atoms with van der Waals surface area (Å²) < 4.78 is 5.46. The monoisotopic (exact) mass is 862 g/mol. The van der Waals surface area contributed by atoms with Crippen molar-refractivity contribution in [2.75, 3.05) is 13.2 Å². The number of nitrogens with one attached hydrogen (secondary N) is 1. The molecule has 2 atom stereocenters. The van der Waals surface area contributed by atoms with E-state index in [-0.39, 0.29) is 18.5 Å². The minimum Gasteiger partial charge on any atom is -0.466 e. The van der Waals surface area contributed by atoms with E-state index in [0.29, 0.717) is 25.9 Å². The van der Waals surface area contributed by atoms with Gasteiger partial charge in [0.2, 0.25) is 5.91 Å². The Balaban J connectivity index is 3.47. The van der Waals surface area contributed by atoms with Gasteiger partial charge in [-0.05, 0) is 51.4 Å². The first kappa shape index (κ1) is 59.6. The third-order valence-electron chi connectivity index (χ3n) is 12.8. The second kappa shape index (κ2) is 51.2. The summed E-state index contributed by atoms with van der Waals surface area (Å²) >= 11 is 0. The molecule has 6 nitrogen and oxygen atoms in total. The molecule has 3 N–H and O–H groups in total. The van der Waals surface area contributed by atoms with E-state index in [9.17, 15) is 19.8 Å². The van der Waals surface area contributed by atoms with E-state index < -0.39 is 12.1 Å². The van der Waals surface area contributed by atoms with Gasteiger partial charge >= 0.3 is 5.97 Å². The summed E-state index contributed by atoms with van der Waals surface area (Å²) in [4.78, 5) is 24.5. The molecule has 0 fully saturated rings. The summed E-state index contributed by atoms with van der Waals surface area (Å²) in [6.07, 6.45) is 59.0. The summed E-state index contributed by atoms with van der Waals surface area (Å²) in [5, 5.41) is 23.2. The summed E-state index contributed by atoms with van der Waals surface area (Å²) in [6, 6.07) is -0.552. The van der Waals surface area contributed by atoms with E-state index >= 15 is 0 Å². The predicted octanol–water partition coefficient (Wildman–Crippen LogP) is 16.5. The third kappa shape index (κ3) is 47.9. The van der Waals surface area contributed by atoms with Crippen LogP contribution < -0.4 is 5.32 Å². The molecule has 2 unspecified atom stereocenters. The lowest BCUT2D eigenvalue weighted by Crippen LogP contribution is -2.45. The van der Waals surface area contributed by atoms with Crippen molar-refractivity contribution in [1.29, 1.82) is 0 Å². The Hall–Kier alpha value is -1.40. The van der Waals surface area contributed by atoms with Crippen LogP contribution >= 0.6 is 0 Å². The van der Waals surface area contributed by atoms with Gasteiger partial charge in [-0.15, -0.1) is 0 Å². The molecule has 0 aliphatic rings. The fourth-order valence-electron chi connectivity index (χ4n) is 8.58. The lowest BCUT2D eigenvalue weighted by Gasteiger charge is -2.22. The first-order valence-electron chi connectivity index (χ1n) is 27.4. The Morgan fingerprint density at radius 3 is 1.16 bits per heavy atom. The van der Waals surface area contributed by atoms with Gasteiger partial charge in [0.15, 0.2) is 0 Å². The molecular formula is C55H107NO5. The maximum atomic E-state index is 12.5. The number of carbonyl (C=O) groups is 2. The Kier molecular flexibility index (Phi) is 50.1. The number of rotatable bonds is 51. The van der Waals surface area contributed by atoms with E-state index in [1.807, 2.05) is 0 Å². The molecule has 6 heteroatoms. The van der Waals surface area contributed by atoms with Gasteiger partial charge in [-0.25, -0.2) is 0 Å². The predicted molar refractivity (Wildman–Crippen MR) is 264 cm³/mol. The van der Waals surface area contributed by atoms with Crippen LogP contribution in [0.5, 0.6) is 0 Å². The molecule has 0 radical (unpaired) electrons. The first-order valence-corrected chi connectivity index (χ1v) is 27.4. The van der Waals surface area contributed by atoms with Crippen LogP contribution in [0.1, 0.15) is 303 Å². The third-order valence-corrected chi connectivity index (χ3v) is 12.8. The number of esters is 1. The maximum Gasteiger partial charge on any atom is 0.305 e. The zero-order valence-corrected chi connectivity index (χ0v) is 41.2. The maximum absolute atomic E-state index is 12.5. The van der Waals surface area contributed by atoms with Crippen LogP contribution in [0.15, 0.2) is 12.2 Å². The summed E-state index contributed by atoms with van der Waals surface area (Å²) in [6.45, 7) is 4.94. The SMILES string of the molecule is CCCCCCCCCCCCCCCCCCC(O)C(CO)NC(=O)CCCCCCC/C=C\CCCCCCCCCOC(=O)CCCCCCCCCCCCCC. The van der Waals surface area contributed by atoms with E-state index in [0.717, 1.165) is 64.2 Å². The van der Waals surface area contributed by atoms with Crippen LogP contribution in [0, 0.1) is 0 Å². The van der Waals surface area contributed by atoms with Gasteiger partial charge < -0.3 is 20.3 Å². The fraction of sp³-hybridized carbons (Fsp3) is 0.927. The van der Waals surface area contributed by atoms with Crippen molar-refractivity contribution in [3.63, 3.8) is 0 Å². The molecular weight excluding hydrogens is 755 g/mol. The highest BCUT2D eigenvalue weighted by atomic mass is 16.5. The zero-order chi connectivity index (χ0) is 44.4. The second-order valence-corrected chi connectivity index (χ2v) is 18.9. The topological polar surface area (TPSA) is 95.9 Å². The number of hydrogen-bond donors (Lipinski definition) is 3. The van der Waals surface area contributed by atoms with Crippen LogP contribution in [0.4, 0.5) is 0 Å². The van der Waals surface area contributed by atoms with Gasteiger partial charge in [-0.2, -0.15) is 0 Å². The van der Waals surface area contributed by atoms with Crippen molar-refractivity contribution in [1.82, 2.24) is 5.32 Å². The quantitative estimate of drug-likeness (QED) is 0.0322. The number of aliphatic hydroxyl groups excluding tert-OH is 2. The molecule has 0 saturated heterocycles. The van der Waals surface area contributed by atoms with Gasteiger partial charge in [0.05, 0.1) is 25.4 Å². The Bertz CT molecular complexity index is 909.